The van der Waals surface area contributed by atoms with E-state index in [9.17, 15) is 14.4 Å². The zero-order valence-electron chi connectivity index (χ0n) is 12.0. The fraction of sp³-hybridized carbons (Fsp3) is 0.643. The van der Waals surface area contributed by atoms with Gasteiger partial charge in [0, 0.05) is 18.1 Å². The number of rotatable bonds is 5. The van der Waals surface area contributed by atoms with Gasteiger partial charge < -0.3 is 14.6 Å². The minimum absolute atomic E-state index is 0.109. The quantitative estimate of drug-likeness (QED) is 0.774. The number of carbonyl (C=O) groups excluding carboxylic acids is 2. The Labute approximate surface area is 117 Å². The van der Waals surface area contributed by atoms with Crippen molar-refractivity contribution in [1.29, 1.82) is 0 Å². The van der Waals surface area contributed by atoms with Gasteiger partial charge in [-0.3, -0.25) is 4.79 Å². The third-order valence-corrected chi connectivity index (χ3v) is 2.94. The van der Waals surface area contributed by atoms with Crippen molar-refractivity contribution in [2.75, 3.05) is 6.61 Å². The number of esters is 2. The van der Waals surface area contributed by atoms with Gasteiger partial charge in [0.1, 0.15) is 12.2 Å². The zero-order chi connectivity index (χ0) is 15.3. The van der Waals surface area contributed by atoms with Crippen molar-refractivity contribution in [3.63, 3.8) is 0 Å². The number of aliphatic carboxylic acids is 1. The van der Waals surface area contributed by atoms with Crippen LogP contribution in [-0.2, 0) is 23.9 Å². The second kappa shape index (κ2) is 6.54. The maximum atomic E-state index is 12.0. The molecule has 1 N–H and O–H groups in total. The molecule has 0 saturated heterocycles. The number of ether oxygens (including phenoxy) is 2. The van der Waals surface area contributed by atoms with Crippen LogP contribution in [-0.4, -0.2) is 35.2 Å². The molecule has 1 aliphatic rings. The van der Waals surface area contributed by atoms with Crippen LogP contribution < -0.4 is 0 Å². The summed E-state index contributed by atoms with van der Waals surface area (Å²) in [6.45, 7) is 4.40. The van der Waals surface area contributed by atoms with Gasteiger partial charge in [-0.2, -0.15) is 0 Å². The molecule has 112 valence electrons. The summed E-state index contributed by atoms with van der Waals surface area (Å²) in [5.74, 6) is -2.17. The van der Waals surface area contributed by atoms with E-state index in [4.69, 9.17) is 14.6 Å². The Balaban J connectivity index is 2.70. The van der Waals surface area contributed by atoms with Gasteiger partial charge in [-0.05, 0) is 39.5 Å². The Bertz CT molecular complexity index is 447. The van der Waals surface area contributed by atoms with E-state index in [1.165, 1.54) is 6.92 Å². The third kappa shape index (κ3) is 4.68. The van der Waals surface area contributed by atoms with Crippen molar-refractivity contribution in [3.8, 4) is 0 Å². The fourth-order valence-corrected chi connectivity index (χ4v) is 2.11. The number of hydrogen-bond acceptors (Lipinski definition) is 5. The Morgan fingerprint density at radius 1 is 1.15 bits per heavy atom. The molecule has 0 amide bonds. The predicted octanol–water partition coefficient (Wildman–Crippen LogP) is 1.83. The van der Waals surface area contributed by atoms with Gasteiger partial charge in [-0.1, -0.05) is 0 Å². The highest BCUT2D eigenvalue weighted by Crippen LogP contribution is 2.26. The van der Waals surface area contributed by atoms with Crippen LogP contribution in [0.4, 0.5) is 0 Å². The molecule has 1 aliphatic carbocycles. The molecule has 0 aromatic heterocycles. The maximum Gasteiger partial charge on any atom is 0.334 e. The first-order chi connectivity index (χ1) is 9.23. The maximum absolute atomic E-state index is 12.0. The number of hydrogen-bond donors (Lipinski definition) is 1. The highest BCUT2D eigenvalue weighted by atomic mass is 16.6. The van der Waals surface area contributed by atoms with E-state index in [0.29, 0.717) is 12.8 Å². The molecule has 0 heterocycles. The van der Waals surface area contributed by atoms with Gasteiger partial charge in [0.15, 0.2) is 0 Å². The van der Waals surface area contributed by atoms with Gasteiger partial charge in [-0.15, -0.1) is 0 Å². The van der Waals surface area contributed by atoms with E-state index in [-0.39, 0.29) is 17.8 Å². The number of carbonyl (C=O) groups is 3. The van der Waals surface area contributed by atoms with Gasteiger partial charge in [0.05, 0.1) is 0 Å². The van der Waals surface area contributed by atoms with Crippen molar-refractivity contribution in [3.05, 3.63) is 11.1 Å². The van der Waals surface area contributed by atoms with Crippen LogP contribution in [0.2, 0.25) is 0 Å². The van der Waals surface area contributed by atoms with Gasteiger partial charge >= 0.3 is 17.9 Å². The van der Waals surface area contributed by atoms with E-state index in [2.05, 4.69) is 0 Å². The molecule has 6 heteroatoms. The standard InChI is InChI=1S/C14H20O6/c1-9(15)20-14(2,3)8-19-13(18)11-7-5-4-6-10(11)12(16)17/h4-8H2,1-3H3,(H,16,17). The van der Waals surface area contributed by atoms with Gasteiger partial charge in [-0.25, -0.2) is 9.59 Å². The summed E-state index contributed by atoms with van der Waals surface area (Å²) in [6.07, 6.45) is 2.33. The molecular weight excluding hydrogens is 264 g/mol. The molecule has 6 nitrogen and oxygen atoms in total. The fourth-order valence-electron chi connectivity index (χ4n) is 2.11. The first-order valence-corrected chi connectivity index (χ1v) is 6.55. The van der Waals surface area contributed by atoms with Crippen LogP contribution in [0.1, 0.15) is 46.5 Å². The minimum Gasteiger partial charge on any atom is -0.478 e. The van der Waals surface area contributed by atoms with Crippen LogP contribution in [0.15, 0.2) is 11.1 Å². The smallest absolute Gasteiger partial charge is 0.334 e. The number of carboxylic acid groups (broad SMARTS) is 1. The van der Waals surface area contributed by atoms with Gasteiger partial charge in [0.25, 0.3) is 0 Å². The molecule has 0 fully saturated rings. The topological polar surface area (TPSA) is 89.9 Å². The Hall–Kier alpha value is -1.85. The van der Waals surface area contributed by atoms with Crippen molar-refractivity contribution in [2.24, 2.45) is 0 Å². The first kappa shape index (κ1) is 16.2. The second-order valence-electron chi connectivity index (χ2n) is 5.40. The second-order valence-corrected chi connectivity index (χ2v) is 5.40. The van der Waals surface area contributed by atoms with Crippen molar-refractivity contribution in [1.82, 2.24) is 0 Å². The summed E-state index contributed by atoms with van der Waals surface area (Å²) in [5, 5.41) is 9.07. The summed E-state index contributed by atoms with van der Waals surface area (Å²) >= 11 is 0. The molecule has 0 unspecified atom stereocenters. The van der Waals surface area contributed by atoms with Crippen LogP contribution in [0.25, 0.3) is 0 Å². The molecular formula is C14H20O6. The van der Waals surface area contributed by atoms with E-state index in [1.54, 1.807) is 13.8 Å². The Kier molecular flexibility index (Phi) is 5.30. The lowest BCUT2D eigenvalue weighted by atomic mass is 9.92. The molecule has 0 spiro atoms. The van der Waals surface area contributed by atoms with Crippen molar-refractivity contribution < 1.29 is 29.0 Å². The Morgan fingerprint density at radius 3 is 2.20 bits per heavy atom. The summed E-state index contributed by atoms with van der Waals surface area (Å²) < 4.78 is 10.1. The average molecular weight is 284 g/mol. The minimum atomic E-state index is -1.07. The third-order valence-electron chi connectivity index (χ3n) is 2.94. The summed E-state index contributed by atoms with van der Waals surface area (Å²) in [4.78, 5) is 33.9. The lowest BCUT2D eigenvalue weighted by molar-refractivity contribution is -0.165. The highest BCUT2D eigenvalue weighted by molar-refractivity contribution is 5.99. The van der Waals surface area contributed by atoms with E-state index in [0.717, 1.165) is 12.8 Å². The SMILES string of the molecule is CC(=O)OC(C)(C)COC(=O)C1=C(C(=O)O)CCCC1. The highest BCUT2D eigenvalue weighted by Gasteiger charge is 2.28. The molecule has 0 aromatic rings. The number of carboxylic acids is 1. The summed E-state index contributed by atoms with van der Waals surface area (Å²) in [7, 11) is 0. The molecule has 0 aromatic carbocycles. The molecule has 0 bridgehead atoms. The van der Waals surface area contributed by atoms with Crippen LogP contribution in [0, 0.1) is 0 Å². The van der Waals surface area contributed by atoms with E-state index < -0.39 is 23.5 Å². The normalized spacial score (nSPS) is 15.8. The lowest BCUT2D eigenvalue weighted by Gasteiger charge is -2.24. The molecule has 20 heavy (non-hydrogen) atoms. The van der Waals surface area contributed by atoms with Crippen LogP contribution >= 0.6 is 0 Å². The molecule has 0 radical (unpaired) electrons. The lowest BCUT2D eigenvalue weighted by Crippen LogP contribution is -2.34. The largest absolute Gasteiger partial charge is 0.478 e. The van der Waals surface area contributed by atoms with Gasteiger partial charge in [0.2, 0.25) is 0 Å². The van der Waals surface area contributed by atoms with Crippen molar-refractivity contribution in [2.45, 2.75) is 52.1 Å². The predicted molar refractivity (Wildman–Crippen MR) is 69.9 cm³/mol. The first-order valence-electron chi connectivity index (χ1n) is 6.55. The monoisotopic (exact) mass is 284 g/mol. The molecule has 1 rings (SSSR count). The summed E-state index contributed by atoms with van der Waals surface area (Å²) in [5.41, 5.74) is -0.575. The van der Waals surface area contributed by atoms with Crippen LogP contribution in [0.3, 0.4) is 0 Å². The summed E-state index contributed by atoms with van der Waals surface area (Å²) in [6, 6.07) is 0. The van der Waals surface area contributed by atoms with Crippen LogP contribution in [0.5, 0.6) is 0 Å². The average Bonchev–Trinajstić information content (AvgIpc) is 2.34. The van der Waals surface area contributed by atoms with E-state index in [1.807, 2.05) is 0 Å². The van der Waals surface area contributed by atoms with Crippen molar-refractivity contribution >= 4 is 17.9 Å². The van der Waals surface area contributed by atoms with E-state index >= 15 is 0 Å². The molecule has 0 saturated carbocycles. The molecule has 0 aliphatic heterocycles. The Morgan fingerprint density at radius 2 is 1.70 bits per heavy atom. The molecule has 0 atom stereocenters. The zero-order valence-corrected chi connectivity index (χ0v) is 12.0.